The first kappa shape index (κ1) is 11.4. The lowest BCUT2D eigenvalue weighted by molar-refractivity contribution is 0.697. The first-order valence-corrected chi connectivity index (χ1v) is 8.18. The lowest BCUT2D eigenvalue weighted by atomic mass is 9.99. The minimum Gasteiger partial charge on any atom is -0.258 e. The van der Waals surface area contributed by atoms with E-state index in [0.29, 0.717) is 0 Å². The fourth-order valence-electron chi connectivity index (χ4n) is 2.50. The molecule has 96 valence electrons. The highest BCUT2D eigenvalue weighted by molar-refractivity contribution is 7.15. The highest BCUT2D eigenvalue weighted by Gasteiger charge is 2.17. The number of hydrogen-bond acceptors (Lipinski definition) is 4. The lowest BCUT2D eigenvalue weighted by Crippen LogP contribution is -1.96. The van der Waals surface area contributed by atoms with E-state index in [1.807, 2.05) is 17.4 Å². The van der Waals surface area contributed by atoms with Gasteiger partial charge in [0.15, 0.2) is 11.6 Å². The summed E-state index contributed by atoms with van der Waals surface area (Å²) in [5, 5.41) is 9.47. The molecule has 0 atom stereocenters. The molecule has 0 aromatic carbocycles. The summed E-state index contributed by atoms with van der Waals surface area (Å²) in [7, 11) is 0. The molecule has 3 aromatic rings. The maximum Gasteiger partial charge on any atom is 0.191 e. The van der Waals surface area contributed by atoms with E-state index in [-0.39, 0.29) is 0 Å². The maximum atomic E-state index is 4.62. The molecular formula is C14H13N3S2. The van der Waals surface area contributed by atoms with Gasteiger partial charge in [-0.15, -0.1) is 22.7 Å². The van der Waals surface area contributed by atoms with Gasteiger partial charge in [0.25, 0.3) is 0 Å². The van der Waals surface area contributed by atoms with Gasteiger partial charge < -0.3 is 0 Å². The fourth-order valence-corrected chi connectivity index (χ4v) is 4.35. The van der Waals surface area contributed by atoms with E-state index in [2.05, 4.69) is 32.7 Å². The van der Waals surface area contributed by atoms with Gasteiger partial charge in [-0.2, -0.15) is 5.10 Å². The fraction of sp³-hybridized carbons (Fsp3) is 0.286. The van der Waals surface area contributed by atoms with Crippen molar-refractivity contribution in [1.82, 2.24) is 15.2 Å². The van der Waals surface area contributed by atoms with Crippen molar-refractivity contribution in [3.63, 3.8) is 0 Å². The zero-order valence-corrected chi connectivity index (χ0v) is 12.0. The van der Waals surface area contributed by atoms with Crippen LogP contribution in [0.1, 0.15) is 23.3 Å². The molecule has 0 aliphatic heterocycles. The van der Waals surface area contributed by atoms with Crippen molar-refractivity contribution in [2.75, 3.05) is 0 Å². The first-order chi connectivity index (χ1) is 9.40. The third-order valence-corrected chi connectivity index (χ3v) is 5.57. The number of aromatic amines is 1. The van der Waals surface area contributed by atoms with E-state index in [1.165, 1.54) is 41.0 Å². The van der Waals surface area contributed by atoms with Crippen molar-refractivity contribution < 1.29 is 0 Å². The molecule has 1 aliphatic carbocycles. The molecule has 0 spiro atoms. The SMILES string of the molecule is c1csc(-c2nc(-c3cc4c(s3)CCCC4)n[nH]2)c1. The number of H-pyrrole nitrogens is 1. The largest absolute Gasteiger partial charge is 0.258 e. The van der Waals surface area contributed by atoms with Crippen molar-refractivity contribution in [3.05, 3.63) is 34.0 Å². The van der Waals surface area contributed by atoms with Gasteiger partial charge in [-0.25, -0.2) is 4.98 Å². The van der Waals surface area contributed by atoms with Crippen LogP contribution in [0.4, 0.5) is 0 Å². The number of hydrogen-bond donors (Lipinski definition) is 1. The van der Waals surface area contributed by atoms with Crippen LogP contribution in [-0.4, -0.2) is 15.2 Å². The van der Waals surface area contributed by atoms with E-state index in [9.17, 15) is 0 Å². The lowest BCUT2D eigenvalue weighted by Gasteiger charge is -2.08. The predicted octanol–water partition coefficient (Wildman–Crippen LogP) is 4.14. The zero-order chi connectivity index (χ0) is 12.7. The summed E-state index contributed by atoms with van der Waals surface area (Å²) in [6, 6.07) is 6.38. The smallest absolute Gasteiger partial charge is 0.191 e. The van der Waals surface area contributed by atoms with Gasteiger partial charge >= 0.3 is 0 Å². The molecule has 1 N–H and O–H groups in total. The quantitative estimate of drug-likeness (QED) is 0.769. The minimum atomic E-state index is 0.836. The van der Waals surface area contributed by atoms with Crippen molar-refractivity contribution in [2.45, 2.75) is 25.7 Å². The summed E-state index contributed by atoms with van der Waals surface area (Å²) < 4.78 is 0. The highest BCUT2D eigenvalue weighted by atomic mass is 32.1. The summed E-state index contributed by atoms with van der Waals surface area (Å²) in [5.41, 5.74) is 1.51. The maximum absolute atomic E-state index is 4.62. The molecule has 3 heterocycles. The molecule has 4 rings (SSSR count). The van der Waals surface area contributed by atoms with E-state index in [1.54, 1.807) is 11.3 Å². The summed E-state index contributed by atoms with van der Waals surface area (Å²) in [6.45, 7) is 0. The molecule has 0 amide bonds. The van der Waals surface area contributed by atoms with Gasteiger partial charge in [-0.3, -0.25) is 5.10 Å². The van der Waals surface area contributed by atoms with Crippen molar-refractivity contribution in [3.8, 4) is 21.4 Å². The van der Waals surface area contributed by atoms with Crippen LogP contribution >= 0.6 is 22.7 Å². The molecule has 3 aromatic heterocycles. The number of aromatic nitrogens is 3. The Balaban J connectivity index is 1.71. The van der Waals surface area contributed by atoms with Gasteiger partial charge in [-0.1, -0.05) is 6.07 Å². The molecule has 0 unspecified atom stereocenters. The Morgan fingerprint density at radius 3 is 2.95 bits per heavy atom. The summed E-state index contributed by atoms with van der Waals surface area (Å²) in [5.74, 6) is 1.71. The Morgan fingerprint density at radius 2 is 2.11 bits per heavy atom. The minimum absolute atomic E-state index is 0.836. The predicted molar refractivity (Wildman–Crippen MR) is 79.7 cm³/mol. The van der Waals surface area contributed by atoms with Crippen molar-refractivity contribution in [1.29, 1.82) is 0 Å². The van der Waals surface area contributed by atoms with Crippen LogP contribution in [0.15, 0.2) is 23.6 Å². The third kappa shape index (κ3) is 2.03. The monoisotopic (exact) mass is 287 g/mol. The van der Waals surface area contributed by atoms with Crippen LogP contribution in [0.5, 0.6) is 0 Å². The van der Waals surface area contributed by atoms with Crippen LogP contribution in [0, 0.1) is 0 Å². The van der Waals surface area contributed by atoms with E-state index >= 15 is 0 Å². The first-order valence-electron chi connectivity index (χ1n) is 6.48. The molecule has 0 saturated carbocycles. The van der Waals surface area contributed by atoms with E-state index < -0.39 is 0 Å². The molecule has 0 fully saturated rings. The van der Waals surface area contributed by atoms with Crippen molar-refractivity contribution in [2.24, 2.45) is 0 Å². The average Bonchev–Trinajstić information content (AvgIpc) is 3.17. The molecule has 5 heteroatoms. The van der Waals surface area contributed by atoms with Gasteiger partial charge in [0.2, 0.25) is 0 Å². The molecule has 3 nitrogen and oxygen atoms in total. The second kappa shape index (κ2) is 4.58. The highest BCUT2D eigenvalue weighted by Crippen LogP contribution is 2.35. The van der Waals surface area contributed by atoms with Gasteiger partial charge in [0.1, 0.15) is 0 Å². The van der Waals surface area contributed by atoms with E-state index in [0.717, 1.165) is 16.5 Å². The summed E-state index contributed by atoms with van der Waals surface area (Å²) in [4.78, 5) is 8.49. The summed E-state index contributed by atoms with van der Waals surface area (Å²) in [6.07, 6.45) is 5.08. The van der Waals surface area contributed by atoms with Crippen LogP contribution in [-0.2, 0) is 12.8 Å². The molecule has 0 bridgehead atoms. The normalized spacial score (nSPS) is 14.5. The van der Waals surface area contributed by atoms with Gasteiger partial charge in [0, 0.05) is 4.88 Å². The van der Waals surface area contributed by atoms with Crippen LogP contribution in [0.25, 0.3) is 21.4 Å². The van der Waals surface area contributed by atoms with E-state index in [4.69, 9.17) is 0 Å². The number of fused-ring (bicyclic) bond motifs is 1. The Morgan fingerprint density at radius 1 is 1.16 bits per heavy atom. The number of rotatable bonds is 2. The molecule has 0 saturated heterocycles. The van der Waals surface area contributed by atoms with Gasteiger partial charge in [-0.05, 0) is 48.8 Å². The number of nitrogens with one attached hydrogen (secondary N) is 1. The van der Waals surface area contributed by atoms with Crippen LogP contribution in [0.3, 0.4) is 0 Å². The number of aryl methyl sites for hydroxylation is 2. The third-order valence-electron chi connectivity index (χ3n) is 3.46. The molecular weight excluding hydrogens is 274 g/mol. The summed E-state index contributed by atoms with van der Waals surface area (Å²) >= 11 is 3.54. The average molecular weight is 287 g/mol. The topological polar surface area (TPSA) is 41.6 Å². The van der Waals surface area contributed by atoms with Crippen molar-refractivity contribution >= 4 is 22.7 Å². The van der Waals surface area contributed by atoms with Gasteiger partial charge in [0.05, 0.1) is 9.75 Å². The standard InChI is InChI=1S/C14H13N3S2/c1-2-5-10-9(4-1)8-12(19-10)14-15-13(16-17-14)11-6-3-7-18-11/h3,6-8H,1-2,4-5H2,(H,15,16,17). The molecule has 1 aliphatic rings. The zero-order valence-electron chi connectivity index (χ0n) is 10.3. The number of thiophene rings is 2. The molecule has 0 radical (unpaired) electrons. The second-order valence-corrected chi connectivity index (χ2v) is 6.84. The van der Waals surface area contributed by atoms with Crippen LogP contribution in [0.2, 0.25) is 0 Å². The molecule has 19 heavy (non-hydrogen) atoms. The Kier molecular flexibility index (Phi) is 2.74. The second-order valence-electron chi connectivity index (χ2n) is 4.75. The number of nitrogens with zero attached hydrogens (tertiary/aromatic N) is 2. The van der Waals surface area contributed by atoms with Crippen LogP contribution < -0.4 is 0 Å². The Hall–Kier alpha value is -1.46. The Bertz CT molecular complexity index is 671. The Labute approximate surface area is 119 Å².